The smallest absolute Gasteiger partial charge is 0.154 e. The van der Waals surface area contributed by atoms with E-state index in [1.165, 1.54) is 0 Å². The first-order valence-corrected chi connectivity index (χ1v) is 7.11. The van der Waals surface area contributed by atoms with Crippen LogP contribution in [0.2, 0.25) is 0 Å². The van der Waals surface area contributed by atoms with Crippen LogP contribution in [0.3, 0.4) is 0 Å². The maximum absolute atomic E-state index is 8.47. The van der Waals surface area contributed by atoms with Crippen molar-refractivity contribution in [2.75, 3.05) is 0 Å². The van der Waals surface area contributed by atoms with Gasteiger partial charge in [0.2, 0.25) is 0 Å². The van der Waals surface area contributed by atoms with E-state index in [1.54, 1.807) is 12.4 Å². The van der Waals surface area contributed by atoms with Gasteiger partial charge >= 0.3 is 0 Å². The molecule has 0 spiro atoms. The van der Waals surface area contributed by atoms with E-state index >= 15 is 0 Å². The van der Waals surface area contributed by atoms with Crippen molar-refractivity contribution in [3.05, 3.63) is 56.0 Å². The maximum atomic E-state index is 8.47. The Bertz CT molecular complexity index is 638. The third-order valence-electron chi connectivity index (χ3n) is 2.17. The first kappa shape index (κ1) is 16.3. The van der Waals surface area contributed by atoms with Crippen molar-refractivity contribution in [1.29, 1.82) is 10.5 Å². The number of rotatable bonds is 0. The summed E-state index contributed by atoms with van der Waals surface area (Å²) in [6.07, 6.45) is 3.34. The molecule has 0 aliphatic carbocycles. The van der Waals surface area contributed by atoms with E-state index in [4.69, 9.17) is 10.5 Å². The molecule has 0 aliphatic rings. The summed E-state index contributed by atoms with van der Waals surface area (Å²) in [5.74, 6) is 0. The Labute approximate surface area is 134 Å². The van der Waals surface area contributed by atoms with Crippen molar-refractivity contribution in [3.63, 3.8) is 0 Å². The Morgan fingerprint density at radius 2 is 1.20 bits per heavy atom. The molecule has 0 fully saturated rings. The molecule has 0 bridgehead atoms. The molecule has 20 heavy (non-hydrogen) atoms. The van der Waals surface area contributed by atoms with E-state index in [0.29, 0.717) is 11.4 Å². The van der Waals surface area contributed by atoms with Crippen LogP contribution in [-0.4, -0.2) is 9.97 Å². The molecule has 2 aromatic heterocycles. The fourth-order valence-electron chi connectivity index (χ4n) is 1.23. The molecule has 0 saturated heterocycles. The van der Waals surface area contributed by atoms with Crippen LogP contribution in [0.25, 0.3) is 0 Å². The van der Waals surface area contributed by atoms with Crippen LogP contribution < -0.4 is 0 Å². The van der Waals surface area contributed by atoms with Crippen molar-refractivity contribution >= 4 is 31.9 Å². The van der Waals surface area contributed by atoms with Crippen molar-refractivity contribution in [1.82, 2.24) is 9.97 Å². The van der Waals surface area contributed by atoms with Crippen LogP contribution in [0, 0.1) is 36.5 Å². The molecule has 2 rings (SSSR count). The summed E-state index contributed by atoms with van der Waals surface area (Å²) in [7, 11) is 0. The Morgan fingerprint density at radius 3 is 1.45 bits per heavy atom. The maximum Gasteiger partial charge on any atom is 0.154 e. The van der Waals surface area contributed by atoms with Gasteiger partial charge in [-0.3, -0.25) is 0 Å². The van der Waals surface area contributed by atoms with Gasteiger partial charge in [-0.15, -0.1) is 0 Å². The molecule has 0 radical (unpaired) electrons. The third-order valence-corrected chi connectivity index (χ3v) is 3.38. The van der Waals surface area contributed by atoms with Crippen LogP contribution in [0.4, 0.5) is 0 Å². The second-order valence-electron chi connectivity index (χ2n) is 3.91. The number of hydrogen-bond acceptors (Lipinski definition) is 4. The summed E-state index contributed by atoms with van der Waals surface area (Å²) in [4.78, 5) is 7.78. The van der Waals surface area contributed by atoms with Crippen LogP contribution in [-0.2, 0) is 0 Å². The van der Waals surface area contributed by atoms with Gasteiger partial charge in [0.25, 0.3) is 0 Å². The SMILES string of the molecule is Cc1cnc(C#N)c(Br)c1.Cc1cnc(C#N)c(Br)c1. The second-order valence-corrected chi connectivity index (χ2v) is 5.62. The van der Waals surface area contributed by atoms with Gasteiger partial charge < -0.3 is 0 Å². The number of hydrogen-bond donors (Lipinski definition) is 0. The zero-order chi connectivity index (χ0) is 15.1. The second kappa shape index (κ2) is 7.74. The first-order chi connectivity index (χ1) is 9.47. The first-order valence-electron chi connectivity index (χ1n) is 5.52. The highest BCUT2D eigenvalue weighted by Crippen LogP contribution is 2.14. The molecule has 0 amide bonds. The largest absolute Gasteiger partial charge is 0.244 e. The predicted molar refractivity (Wildman–Crippen MR) is 82.8 cm³/mol. The Kier molecular flexibility index (Phi) is 6.30. The molecule has 0 atom stereocenters. The third kappa shape index (κ3) is 4.73. The van der Waals surface area contributed by atoms with Gasteiger partial charge in [-0.1, -0.05) is 0 Å². The average Bonchev–Trinajstić information content (AvgIpc) is 2.40. The molecule has 0 unspecified atom stereocenters. The van der Waals surface area contributed by atoms with E-state index < -0.39 is 0 Å². The Balaban J connectivity index is 0.000000200. The summed E-state index contributed by atoms with van der Waals surface area (Å²) in [6, 6.07) is 7.66. The zero-order valence-corrected chi connectivity index (χ0v) is 14.0. The molecule has 0 N–H and O–H groups in total. The highest BCUT2D eigenvalue weighted by molar-refractivity contribution is 9.10. The molecule has 4 nitrogen and oxygen atoms in total. The van der Waals surface area contributed by atoms with Gasteiger partial charge in [0, 0.05) is 12.4 Å². The lowest BCUT2D eigenvalue weighted by molar-refractivity contribution is 1.20. The molecule has 100 valence electrons. The number of pyridine rings is 2. The number of nitriles is 2. The Morgan fingerprint density at radius 1 is 0.850 bits per heavy atom. The van der Waals surface area contributed by atoms with Crippen molar-refractivity contribution in [2.45, 2.75) is 13.8 Å². The monoisotopic (exact) mass is 392 g/mol. The van der Waals surface area contributed by atoms with Gasteiger partial charge in [0.15, 0.2) is 11.4 Å². The molecule has 2 heterocycles. The lowest BCUT2D eigenvalue weighted by atomic mass is 10.3. The summed E-state index contributed by atoms with van der Waals surface area (Å²) in [5.41, 5.74) is 2.97. The van der Waals surface area contributed by atoms with Crippen LogP contribution in [0.1, 0.15) is 22.5 Å². The highest BCUT2D eigenvalue weighted by atomic mass is 79.9. The number of aryl methyl sites for hydroxylation is 2. The zero-order valence-electron chi connectivity index (χ0n) is 10.9. The van der Waals surface area contributed by atoms with Crippen LogP contribution in [0.15, 0.2) is 33.5 Å². The predicted octanol–water partition coefficient (Wildman–Crippen LogP) is 4.05. The van der Waals surface area contributed by atoms with Gasteiger partial charge in [0.05, 0.1) is 8.95 Å². The number of halogens is 2. The molecular weight excluding hydrogens is 384 g/mol. The minimum atomic E-state index is 0.436. The van der Waals surface area contributed by atoms with Gasteiger partial charge in [-0.25, -0.2) is 9.97 Å². The fourth-order valence-corrected chi connectivity index (χ4v) is 2.34. The molecule has 0 aromatic carbocycles. The molecule has 2 aromatic rings. The van der Waals surface area contributed by atoms with Crippen molar-refractivity contribution < 1.29 is 0 Å². The molecule has 0 saturated carbocycles. The lowest BCUT2D eigenvalue weighted by Gasteiger charge is -1.93. The van der Waals surface area contributed by atoms with Gasteiger partial charge in [0.1, 0.15) is 12.1 Å². The normalized spacial score (nSPS) is 8.90. The number of nitrogens with zero attached hydrogens (tertiary/aromatic N) is 4. The molecular formula is C14H10Br2N4. The van der Waals surface area contributed by atoms with Crippen molar-refractivity contribution in [3.8, 4) is 12.1 Å². The van der Waals surface area contributed by atoms with Crippen LogP contribution >= 0.6 is 31.9 Å². The highest BCUT2D eigenvalue weighted by Gasteiger charge is 1.98. The van der Waals surface area contributed by atoms with E-state index in [9.17, 15) is 0 Å². The molecule has 0 aliphatic heterocycles. The summed E-state index contributed by atoms with van der Waals surface area (Å²) < 4.78 is 1.52. The standard InChI is InChI=1S/2C7H5BrN2/c2*1-5-2-6(8)7(3-9)10-4-5/h2*2,4H,1H3. The topological polar surface area (TPSA) is 73.4 Å². The van der Waals surface area contributed by atoms with Gasteiger partial charge in [-0.05, 0) is 69.0 Å². The summed E-state index contributed by atoms with van der Waals surface area (Å²) in [6.45, 7) is 3.86. The van der Waals surface area contributed by atoms with E-state index in [1.807, 2.05) is 38.1 Å². The molecule has 6 heteroatoms. The minimum Gasteiger partial charge on any atom is -0.244 e. The quantitative estimate of drug-likeness (QED) is 0.676. The minimum absolute atomic E-state index is 0.436. The van der Waals surface area contributed by atoms with Crippen LogP contribution in [0.5, 0.6) is 0 Å². The van der Waals surface area contributed by atoms with E-state index in [0.717, 1.165) is 20.1 Å². The van der Waals surface area contributed by atoms with E-state index in [2.05, 4.69) is 41.8 Å². The lowest BCUT2D eigenvalue weighted by Crippen LogP contribution is -1.84. The summed E-state index contributed by atoms with van der Waals surface area (Å²) in [5, 5.41) is 16.9. The Hall–Kier alpha value is -1.76. The van der Waals surface area contributed by atoms with E-state index in [-0.39, 0.29) is 0 Å². The average molecular weight is 394 g/mol. The van der Waals surface area contributed by atoms with Gasteiger partial charge in [-0.2, -0.15) is 10.5 Å². The summed E-state index contributed by atoms with van der Waals surface area (Å²) >= 11 is 6.44. The number of aromatic nitrogens is 2. The van der Waals surface area contributed by atoms with Crippen molar-refractivity contribution in [2.24, 2.45) is 0 Å². The fraction of sp³-hybridized carbons (Fsp3) is 0.143.